The Balaban J connectivity index is 1.09. The maximum atomic E-state index is 12.5. The van der Waals surface area contributed by atoms with Crippen molar-refractivity contribution in [3.63, 3.8) is 0 Å². The minimum Gasteiger partial charge on any atom is -0.443 e. The first-order chi connectivity index (χ1) is 15.6. The predicted molar refractivity (Wildman–Crippen MR) is 117 cm³/mol. The van der Waals surface area contributed by atoms with Crippen molar-refractivity contribution in [1.29, 1.82) is 0 Å². The van der Waals surface area contributed by atoms with E-state index in [1.807, 2.05) is 6.92 Å². The zero-order valence-corrected chi connectivity index (χ0v) is 18.7. The van der Waals surface area contributed by atoms with E-state index >= 15 is 0 Å². The second kappa shape index (κ2) is 7.74. The van der Waals surface area contributed by atoms with Crippen LogP contribution in [0.25, 0.3) is 0 Å². The number of hydrogen-bond donors (Lipinski definition) is 1. The molecule has 170 valence electrons. The number of carbonyl (C=O) groups is 1. The standard InChI is InChI=1S/C24H31N5O3/c1-15-4-19(28-32-15)12-31-23(30)29-3-2-20-21(11-29)26-14-27-22(20)25-13-24-8-16-5-17(9-24)7-18(6-16)10-24/h4,14,16-18H,2-3,5-13H2,1H3,(H,25,26,27). The molecule has 0 saturated heterocycles. The van der Waals surface area contributed by atoms with E-state index in [1.54, 1.807) is 17.3 Å². The van der Waals surface area contributed by atoms with Gasteiger partial charge in [0.25, 0.3) is 0 Å². The number of aryl methyl sites for hydroxylation is 1. The van der Waals surface area contributed by atoms with Crippen LogP contribution >= 0.6 is 0 Å². The third-order valence-electron chi connectivity index (χ3n) is 8.08. The van der Waals surface area contributed by atoms with Gasteiger partial charge in [0.2, 0.25) is 0 Å². The monoisotopic (exact) mass is 437 g/mol. The molecule has 0 unspecified atom stereocenters. The smallest absolute Gasteiger partial charge is 0.410 e. The number of carbonyl (C=O) groups excluding carboxylic acids is 1. The van der Waals surface area contributed by atoms with E-state index in [9.17, 15) is 4.79 Å². The summed E-state index contributed by atoms with van der Waals surface area (Å²) in [7, 11) is 0. The van der Waals surface area contributed by atoms with Gasteiger partial charge in [-0.15, -0.1) is 0 Å². The molecule has 8 nitrogen and oxygen atoms in total. The van der Waals surface area contributed by atoms with E-state index in [4.69, 9.17) is 9.26 Å². The van der Waals surface area contributed by atoms with Crippen molar-refractivity contribution in [3.05, 3.63) is 35.1 Å². The lowest BCUT2D eigenvalue weighted by Gasteiger charge is -2.57. The molecule has 0 atom stereocenters. The second-order valence-corrected chi connectivity index (χ2v) is 10.6. The molecule has 7 rings (SSSR count). The molecule has 32 heavy (non-hydrogen) atoms. The van der Waals surface area contributed by atoms with Crippen LogP contribution in [0.3, 0.4) is 0 Å². The molecule has 2 aromatic heterocycles. The Morgan fingerprint density at radius 3 is 2.66 bits per heavy atom. The predicted octanol–water partition coefficient (Wildman–Crippen LogP) is 4.10. The average molecular weight is 438 g/mol. The number of anilines is 1. The summed E-state index contributed by atoms with van der Waals surface area (Å²) >= 11 is 0. The van der Waals surface area contributed by atoms with Gasteiger partial charge in [-0.2, -0.15) is 0 Å². The van der Waals surface area contributed by atoms with Crippen LogP contribution < -0.4 is 5.32 Å². The van der Waals surface area contributed by atoms with Gasteiger partial charge in [0, 0.05) is 24.7 Å². The van der Waals surface area contributed by atoms with Crippen molar-refractivity contribution >= 4 is 11.9 Å². The SMILES string of the molecule is Cc1cc(COC(=O)N2CCc3c(ncnc3NCC34CC5CC(CC(C5)C3)C4)C2)no1. The Hall–Kier alpha value is -2.64. The molecule has 2 aromatic rings. The second-order valence-electron chi connectivity index (χ2n) is 10.6. The van der Waals surface area contributed by atoms with Gasteiger partial charge in [-0.1, -0.05) is 5.16 Å². The maximum absolute atomic E-state index is 12.5. The maximum Gasteiger partial charge on any atom is 0.410 e. The van der Waals surface area contributed by atoms with Crippen LogP contribution in [0, 0.1) is 30.1 Å². The van der Waals surface area contributed by atoms with Crippen LogP contribution in [-0.2, 0) is 24.3 Å². The highest BCUT2D eigenvalue weighted by Crippen LogP contribution is 2.59. The Bertz CT molecular complexity index is 984. The quantitative estimate of drug-likeness (QED) is 0.753. The zero-order chi connectivity index (χ0) is 21.7. The number of nitrogens with zero attached hydrogens (tertiary/aromatic N) is 4. The molecule has 1 aliphatic heterocycles. The number of nitrogens with one attached hydrogen (secondary N) is 1. The van der Waals surface area contributed by atoms with E-state index in [0.29, 0.717) is 30.0 Å². The fourth-order valence-corrected chi connectivity index (χ4v) is 7.15. The molecule has 0 aromatic carbocycles. The van der Waals surface area contributed by atoms with Crippen LogP contribution in [0.15, 0.2) is 16.9 Å². The molecule has 0 spiro atoms. The molecular formula is C24H31N5O3. The molecule has 4 saturated carbocycles. The van der Waals surface area contributed by atoms with E-state index < -0.39 is 0 Å². The first-order valence-electron chi connectivity index (χ1n) is 12.0. The molecule has 1 N–H and O–H groups in total. The summed E-state index contributed by atoms with van der Waals surface area (Å²) in [5, 5.41) is 7.59. The van der Waals surface area contributed by atoms with Crippen molar-refractivity contribution in [2.24, 2.45) is 23.2 Å². The molecule has 8 heteroatoms. The Kier molecular flexibility index (Phi) is 4.84. The van der Waals surface area contributed by atoms with Crippen LogP contribution in [0.5, 0.6) is 0 Å². The van der Waals surface area contributed by atoms with E-state index in [2.05, 4.69) is 20.4 Å². The number of ether oxygens (including phenoxy) is 1. The number of amides is 1. The van der Waals surface area contributed by atoms with Gasteiger partial charge >= 0.3 is 6.09 Å². The fourth-order valence-electron chi connectivity index (χ4n) is 7.15. The van der Waals surface area contributed by atoms with Crippen molar-refractivity contribution in [1.82, 2.24) is 20.0 Å². The lowest BCUT2D eigenvalue weighted by atomic mass is 9.49. The van der Waals surface area contributed by atoms with E-state index in [1.165, 1.54) is 38.5 Å². The Morgan fingerprint density at radius 2 is 1.97 bits per heavy atom. The minimum atomic E-state index is -0.349. The topological polar surface area (TPSA) is 93.4 Å². The number of rotatable bonds is 5. The summed E-state index contributed by atoms with van der Waals surface area (Å²) in [6.45, 7) is 3.99. The molecule has 4 aliphatic carbocycles. The fraction of sp³-hybridized carbons (Fsp3) is 0.667. The van der Waals surface area contributed by atoms with Gasteiger partial charge < -0.3 is 19.5 Å². The first kappa shape index (κ1) is 20.0. The summed E-state index contributed by atoms with van der Waals surface area (Å²) in [6.07, 6.45) is 10.5. The summed E-state index contributed by atoms with van der Waals surface area (Å²) in [4.78, 5) is 23.3. The van der Waals surface area contributed by atoms with E-state index in [-0.39, 0.29) is 12.7 Å². The van der Waals surface area contributed by atoms with Crippen molar-refractivity contribution in [2.45, 2.75) is 65.0 Å². The highest BCUT2D eigenvalue weighted by Gasteiger charge is 2.50. The third kappa shape index (κ3) is 3.73. The van der Waals surface area contributed by atoms with Gasteiger partial charge in [0.1, 0.15) is 30.2 Å². The molecule has 0 radical (unpaired) electrons. The largest absolute Gasteiger partial charge is 0.443 e. The van der Waals surface area contributed by atoms with Gasteiger partial charge in [0.05, 0.1) is 12.2 Å². The van der Waals surface area contributed by atoms with Crippen LogP contribution in [-0.4, -0.2) is 39.2 Å². The van der Waals surface area contributed by atoms with Crippen molar-refractivity contribution in [3.8, 4) is 0 Å². The summed E-state index contributed by atoms with van der Waals surface area (Å²) in [5.74, 6) is 4.50. The molecule has 3 heterocycles. The van der Waals surface area contributed by atoms with Crippen LogP contribution in [0.2, 0.25) is 0 Å². The molecular weight excluding hydrogens is 406 g/mol. The normalized spacial score (nSPS) is 30.3. The molecule has 4 fully saturated rings. The highest BCUT2D eigenvalue weighted by molar-refractivity contribution is 5.68. The number of fused-ring (bicyclic) bond motifs is 1. The van der Waals surface area contributed by atoms with Gasteiger partial charge in [-0.3, -0.25) is 0 Å². The number of hydrogen-bond acceptors (Lipinski definition) is 7. The Labute approximate surface area is 188 Å². The summed E-state index contributed by atoms with van der Waals surface area (Å²) in [6, 6.07) is 1.77. The first-order valence-corrected chi connectivity index (χ1v) is 12.0. The van der Waals surface area contributed by atoms with Gasteiger partial charge in [-0.25, -0.2) is 14.8 Å². The summed E-state index contributed by atoms with van der Waals surface area (Å²) in [5.41, 5.74) is 3.13. The highest BCUT2D eigenvalue weighted by atomic mass is 16.6. The summed E-state index contributed by atoms with van der Waals surface area (Å²) < 4.78 is 10.4. The third-order valence-corrected chi connectivity index (χ3v) is 8.08. The van der Waals surface area contributed by atoms with Gasteiger partial charge in [0.15, 0.2) is 0 Å². The van der Waals surface area contributed by atoms with Crippen molar-refractivity contribution in [2.75, 3.05) is 18.4 Å². The average Bonchev–Trinajstić information content (AvgIpc) is 3.20. The van der Waals surface area contributed by atoms with Crippen LogP contribution in [0.4, 0.5) is 10.6 Å². The lowest BCUT2D eigenvalue weighted by molar-refractivity contribution is -0.0444. The number of aromatic nitrogens is 3. The lowest BCUT2D eigenvalue weighted by Crippen LogP contribution is -2.49. The molecule has 5 aliphatic rings. The molecule has 4 bridgehead atoms. The van der Waals surface area contributed by atoms with Crippen molar-refractivity contribution < 1.29 is 14.1 Å². The minimum absolute atomic E-state index is 0.112. The Morgan fingerprint density at radius 1 is 1.22 bits per heavy atom. The molecule has 1 amide bonds. The van der Waals surface area contributed by atoms with Gasteiger partial charge in [-0.05, 0) is 75.0 Å². The van der Waals surface area contributed by atoms with Crippen LogP contribution in [0.1, 0.15) is 61.2 Å². The van der Waals surface area contributed by atoms with E-state index in [0.717, 1.165) is 47.8 Å². The zero-order valence-electron chi connectivity index (χ0n) is 18.7.